The van der Waals surface area contributed by atoms with Gasteiger partial charge in [-0.15, -0.1) is 0 Å². The zero-order valence-corrected chi connectivity index (χ0v) is 7.44. The van der Waals surface area contributed by atoms with Crippen molar-refractivity contribution in [2.45, 2.75) is 0 Å². The van der Waals surface area contributed by atoms with Crippen molar-refractivity contribution >= 4 is 22.2 Å². The van der Waals surface area contributed by atoms with E-state index in [2.05, 4.69) is 0 Å². The van der Waals surface area contributed by atoms with E-state index in [0.29, 0.717) is 6.61 Å². The van der Waals surface area contributed by atoms with Crippen LogP contribution in [-0.2, 0) is 4.43 Å². The molecule has 0 unspecified atom stereocenters. The summed E-state index contributed by atoms with van der Waals surface area (Å²) in [5.41, 5.74) is 0. The molecule has 8 heavy (non-hydrogen) atoms. The molecule has 4 heteroatoms. The molecule has 0 atom stereocenters. The van der Waals surface area contributed by atoms with Gasteiger partial charge in [0, 0.05) is 0 Å². The molecular weight excluding hydrogens is 138 g/mol. The summed E-state index contributed by atoms with van der Waals surface area (Å²) < 4.78 is 4.82. The largest absolute Gasteiger partial charge is 0.424 e. The van der Waals surface area contributed by atoms with Gasteiger partial charge in [-0.1, -0.05) is 6.08 Å². The Labute approximate surface area is 56.1 Å². The molecular formula is C4H7NOSSi. The van der Waals surface area contributed by atoms with E-state index in [4.69, 9.17) is 9.69 Å². The van der Waals surface area contributed by atoms with Crippen molar-refractivity contribution < 1.29 is 4.43 Å². The summed E-state index contributed by atoms with van der Waals surface area (Å²) in [5.74, 6) is 0. The van der Waals surface area contributed by atoms with Crippen molar-refractivity contribution in [3.63, 3.8) is 0 Å². The fraction of sp³-hybridized carbons (Fsp3) is 0.250. The molecule has 2 nitrogen and oxygen atoms in total. The molecule has 0 aliphatic rings. The second kappa shape index (κ2) is 6.76. The fourth-order valence-electron chi connectivity index (χ4n) is 0.214. The van der Waals surface area contributed by atoms with Crippen LogP contribution in [0, 0.1) is 10.7 Å². The molecule has 0 amide bonds. The number of hydrogen-bond acceptors (Lipinski definition) is 3. The van der Waals surface area contributed by atoms with Gasteiger partial charge < -0.3 is 4.43 Å². The molecule has 0 aromatic heterocycles. The quantitative estimate of drug-likeness (QED) is 0.414. The van der Waals surface area contributed by atoms with E-state index in [9.17, 15) is 0 Å². The maximum Gasteiger partial charge on any atom is 0.146 e. The minimum Gasteiger partial charge on any atom is -0.424 e. The lowest BCUT2D eigenvalue weighted by Gasteiger charge is -1.83. The van der Waals surface area contributed by atoms with Crippen LogP contribution in [0.25, 0.3) is 0 Å². The SMILES string of the molecule is N#CSC=CCO[SiH3]. The van der Waals surface area contributed by atoms with Crippen molar-refractivity contribution in [2.75, 3.05) is 6.61 Å². The van der Waals surface area contributed by atoms with Crippen molar-refractivity contribution in [3.8, 4) is 5.40 Å². The molecule has 0 aliphatic carbocycles. The summed E-state index contributed by atoms with van der Waals surface area (Å²) in [6, 6.07) is 0. The van der Waals surface area contributed by atoms with Crippen molar-refractivity contribution in [2.24, 2.45) is 0 Å². The topological polar surface area (TPSA) is 33.0 Å². The Kier molecular flexibility index (Phi) is 6.55. The van der Waals surface area contributed by atoms with Gasteiger partial charge in [0.25, 0.3) is 0 Å². The van der Waals surface area contributed by atoms with Gasteiger partial charge in [0.2, 0.25) is 0 Å². The molecule has 0 saturated heterocycles. The third kappa shape index (κ3) is 5.76. The van der Waals surface area contributed by atoms with E-state index < -0.39 is 0 Å². The van der Waals surface area contributed by atoms with Crippen LogP contribution in [0.3, 0.4) is 0 Å². The Bertz CT molecular complexity index is 109. The lowest BCUT2D eigenvalue weighted by atomic mass is 10.7. The van der Waals surface area contributed by atoms with Crippen LogP contribution in [0.5, 0.6) is 0 Å². The molecule has 0 aromatic rings. The maximum atomic E-state index is 8.00. The average Bonchev–Trinajstić information content (AvgIpc) is 1.81. The number of nitrogens with zero attached hydrogens (tertiary/aromatic N) is 1. The number of rotatable bonds is 3. The van der Waals surface area contributed by atoms with Gasteiger partial charge in [-0.3, -0.25) is 0 Å². The minimum absolute atomic E-state index is 0.640. The van der Waals surface area contributed by atoms with Crippen LogP contribution >= 0.6 is 11.8 Å². The van der Waals surface area contributed by atoms with Crippen LogP contribution in [0.4, 0.5) is 0 Å². The molecule has 0 bridgehead atoms. The highest BCUT2D eigenvalue weighted by molar-refractivity contribution is 8.06. The standard InChI is InChI=1S/C4H7NOSSi/c5-4-7-3-1-2-6-8/h1,3H,2H2,8H3. The highest BCUT2D eigenvalue weighted by Gasteiger charge is 1.70. The Morgan fingerprint density at radius 3 is 3.12 bits per heavy atom. The Morgan fingerprint density at radius 1 is 1.88 bits per heavy atom. The van der Waals surface area contributed by atoms with Crippen LogP contribution < -0.4 is 0 Å². The lowest BCUT2D eigenvalue weighted by Crippen LogP contribution is -1.80. The van der Waals surface area contributed by atoms with Gasteiger partial charge in [-0.2, -0.15) is 5.26 Å². The minimum atomic E-state index is 0.640. The second-order valence-corrected chi connectivity index (χ2v) is 2.30. The van der Waals surface area contributed by atoms with E-state index in [1.54, 1.807) is 5.41 Å². The second-order valence-electron chi connectivity index (χ2n) is 1.04. The van der Waals surface area contributed by atoms with Crippen molar-refractivity contribution in [1.82, 2.24) is 0 Å². The fourth-order valence-corrected chi connectivity index (χ4v) is 0.642. The molecule has 0 radical (unpaired) electrons. The summed E-state index contributed by atoms with van der Waals surface area (Å²) in [7, 11) is 0.764. The molecule has 44 valence electrons. The zero-order valence-electron chi connectivity index (χ0n) is 4.63. The first-order valence-corrected chi connectivity index (χ1v) is 3.80. The number of thiocyanates is 1. The molecule has 0 N–H and O–H groups in total. The van der Waals surface area contributed by atoms with Gasteiger partial charge in [0.05, 0.1) is 6.61 Å². The highest BCUT2D eigenvalue weighted by atomic mass is 32.2. The monoisotopic (exact) mass is 145 g/mol. The third-order valence-corrected chi connectivity index (χ3v) is 1.25. The average molecular weight is 145 g/mol. The van der Waals surface area contributed by atoms with E-state index in [1.807, 2.05) is 11.5 Å². The molecule has 0 heterocycles. The summed E-state index contributed by atoms with van der Waals surface area (Å²) in [5, 5.41) is 11.6. The Hall–Kier alpha value is -0.243. The van der Waals surface area contributed by atoms with Crippen LogP contribution in [0.15, 0.2) is 11.5 Å². The van der Waals surface area contributed by atoms with E-state index in [-0.39, 0.29) is 0 Å². The number of thioether (sulfide) groups is 1. The third-order valence-electron chi connectivity index (χ3n) is 0.480. The summed E-state index contributed by atoms with van der Waals surface area (Å²) in [6.45, 7) is 0.640. The molecule has 0 aromatic carbocycles. The smallest absolute Gasteiger partial charge is 0.146 e. The maximum absolute atomic E-state index is 8.00. The van der Waals surface area contributed by atoms with Crippen molar-refractivity contribution in [1.29, 1.82) is 5.26 Å². The van der Waals surface area contributed by atoms with Gasteiger partial charge in [0.1, 0.15) is 15.9 Å². The predicted octanol–water partition coefficient (Wildman–Crippen LogP) is 0.0114. The predicted molar refractivity (Wildman–Crippen MR) is 38.2 cm³/mol. The van der Waals surface area contributed by atoms with Crippen LogP contribution in [-0.4, -0.2) is 17.1 Å². The van der Waals surface area contributed by atoms with E-state index in [1.165, 1.54) is 0 Å². The van der Waals surface area contributed by atoms with E-state index in [0.717, 1.165) is 22.2 Å². The molecule has 0 aliphatic heterocycles. The van der Waals surface area contributed by atoms with Gasteiger partial charge in [0.15, 0.2) is 0 Å². The van der Waals surface area contributed by atoms with Gasteiger partial charge in [-0.05, 0) is 17.2 Å². The molecule has 0 saturated carbocycles. The summed E-state index contributed by atoms with van der Waals surface area (Å²) in [6.07, 6.45) is 1.82. The summed E-state index contributed by atoms with van der Waals surface area (Å²) >= 11 is 1.11. The van der Waals surface area contributed by atoms with Crippen molar-refractivity contribution in [3.05, 3.63) is 11.5 Å². The Morgan fingerprint density at radius 2 is 2.62 bits per heavy atom. The normalized spacial score (nSPS) is 9.88. The first-order chi connectivity index (χ1) is 3.91. The molecule has 0 spiro atoms. The molecule has 0 rings (SSSR count). The Balaban J connectivity index is 2.98. The zero-order chi connectivity index (χ0) is 6.24. The summed E-state index contributed by atoms with van der Waals surface area (Å²) in [4.78, 5) is 0. The first-order valence-electron chi connectivity index (χ1n) is 2.10. The van der Waals surface area contributed by atoms with Gasteiger partial charge in [-0.25, -0.2) is 0 Å². The molecule has 0 fully saturated rings. The lowest BCUT2D eigenvalue weighted by molar-refractivity contribution is 0.402. The van der Waals surface area contributed by atoms with Gasteiger partial charge >= 0.3 is 0 Å². The number of nitriles is 1. The number of hydrogen-bond donors (Lipinski definition) is 0. The highest BCUT2D eigenvalue weighted by Crippen LogP contribution is 1.95. The van der Waals surface area contributed by atoms with Crippen LogP contribution in [0.2, 0.25) is 0 Å². The van der Waals surface area contributed by atoms with E-state index >= 15 is 0 Å². The first kappa shape index (κ1) is 7.76. The van der Waals surface area contributed by atoms with Crippen LogP contribution in [0.1, 0.15) is 0 Å².